The molecule has 0 aromatic heterocycles. The molecule has 3 rings (SSSR count). The zero-order valence-electron chi connectivity index (χ0n) is 18.1. The minimum Gasteiger partial charge on any atom is -0.445 e. The summed E-state index contributed by atoms with van der Waals surface area (Å²) in [5.74, 6) is 0. The second-order valence-corrected chi connectivity index (χ2v) is 9.71. The number of benzene rings is 2. The topological polar surface area (TPSA) is 56.8 Å². The van der Waals surface area contributed by atoms with Gasteiger partial charge in [-0.3, -0.25) is 0 Å². The van der Waals surface area contributed by atoms with Crippen LogP contribution in [0.15, 0.2) is 58.5 Å². The van der Waals surface area contributed by atoms with E-state index in [2.05, 4.69) is 21.2 Å². The van der Waals surface area contributed by atoms with Gasteiger partial charge in [0.1, 0.15) is 6.61 Å². The van der Waals surface area contributed by atoms with Gasteiger partial charge >= 0.3 is 13.2 Å². The summed E-state index contributed by atoms with van der Waals surface area (Å²) in [6, 6.07) is 15.1. The molecule has 5 nitrogen and oxygen atoms in total. The Bertz CT molecular complexity index is 949. The van der Waals surface area contributed by atoms with Crippen molar-refractivity contribution in [1.82, 2.24) is 5.32 Å². The average Bonchev–Trinajstić information content (AvgIpc) is 2.94. The van der Waals surface area contributed by atoms with Gasteiger partial charge in [-0.15, -0.1) is 0 Å². The molecule has 0 bridgehead atoms. The van der Waals surface area contributed by atoms with Gasteiger partial charge in [0.25, 0.3) is 0 Å². The summed E-state index contributed by atoms with van der Waals surface area (Å²) in [4.78, 5) is 12.3. The normalized spacial score (nSPS) is 17.5. The maximum absolute atomic E-state index is 12.3. The Morgan fingerprint density at radius 3 is 2.42 bits per heavy atom. The number of nitrogens with one attached hydrogen (secondary N) is 1. The molecule has 2 aromatic carbocycles. The number of ether oxygens (including phenoxy) is 1. The highest BCUT2D eigenvalue weighted by atomic mass is 79.9. The van der Waals surface area contributed by atoms with Crippen LogP contribution < -0.4 is 5.32 Å². The molecule has 0 aliphatic carbocycles. The standard InChI is InChI=1S/C23H26BBrClNO4/c1-22(2)23(3,4)31-24(30-22)18(12-17-13-19(25)10-11-20(17)26)14-27-21(28)29-15-16-8-6-5-7-9-16/h5-13H,14-15H2,1-4H3,(H,27,28). The maximum atomic E-state index is 12.3. The lowest BCUT2D eigenvalue weighted by molar-refractivity contribution is 0.00578. The smallest absolute Gasteiger partial charge is 0.445 e. The lowest BCUT2D eigenvalue weighted by Crippen LogP contribution is -2.41. The summed E-state index contributed by atoms with van der Waals surface area (Å²) in [7, 11) is -0.630. The second kappa shape index (κ2) is 9.78. The molecule has 1 fully saturated rings. The minimum atomic E-state index is -0.630. The zero-order valence-corrected chi connectivity index (χ0v) is 20.4. The Labute approximate surface area is 197 Å². The van der Waals surface area contributed by atoms with E-state index in [1.807, 2.05) is 76.2 Å². The van der Waals surface area contributed by atoms with Crippen molar-refractivity contribution in [3.63, 3.8) is 0 Å². The van der Waals surface area contributed by atoms with E-state index >= 15 is 0 Å². The van der Waals surface area contributed by atoms with Crippen molar-refractivity contribution in [2.24, 2.45) is 0 Å². The number of hydrogen-bond acceptors (Lipinski definition) is 4. The molecule has 1 N–H and O–H groups in total. The van der Waals surface area contributed by atoms with E-state index in [0.29, 0.717) is 5.02 Å². The van der Waals surface area contributed by atoms with Crippen LogP contribution in [0.5, 0.6) is 0 Å². The summed E-state index contributed by atoms with van der Waals surface area (Å²) >= 11 is 9.85. The van der Waals surface area contributed by atoms with Crippen molar-refractivity contribution < 1.29 is 18.8 Å². The summed E-state index contributed by atoms with van der Waals surface area (Å²) in [5.41, 5.74) is 1.42. The van der Waals surface area contributed by atoms with Crippen molar-refractivity contribution in [2.45, 2.75) is 45.5 Å². The third-order valence-electron chi connectivity index (χ3n) is 5.50. The van der Waals surface area contributed by atoms with Crippen LogP contribution in [0, 0.1) is 0 Å². The van der Waals surface area contributed by atoms with Gasteiger partial charge in [0.15, 0.2) is 0 Å². The highest BCUT2D eigenvalue weighted by Gasteiger charge is 2.52. The Hall–Kier alpha value is -1.80. The first-order chi connectivity index (χ1) is 14.6. The van der Waals surface area contributed by atoms with Crippen molar-refractivity contribution in [2.75, 3.05) is 6.54 Å². The largest absolute Gasteiger partial charge is 0.492 e. The minimum absolute atomic E-state index is 0.188. The van der Waals surface area contributed by atoms with Gasteiger partial charge in [-0.1, -0.05) is 63.9 Å². The van der Waals surface area contributed by atoms with Gasteiger partial charge in [-0.05, 0) is 62.5 Å². The monoisotopic (exact) mass is 505 g/mol. The highest BCUT2D eigenvalue weighted by Crippen LogP contribution is 2.39. The van der Waals surface area contributed by atoms with E-state index in [1.54, 1.807) is 6.07 Å². The number of carbonyl (C=O) groups excluding carboxylic acids is 1. The molecule has 2 aromatic rings. The Morgan fingerprint density at radius 2 is 1.77 bits per heavy atom. The molecule has 0 spiro atoms. The van der Waals surface area contributed by atoms with Crippen molar-refractivity contribution >= 4 is 46.8 Å². The van der Waals surface area contributed by atoms with Crippen LogP contribution >= 0.6 is 27.5 Å². The fourth-order valence-electron chi connectivity index (χ4n) is 2.97. The molecule has 1 aliphatic heterocycles. The van der Waals surface area contributed by atoms with E-state index in [0.717, 1.165) is 21.1 Å². The highest BCUT2D eigenvalue weighted by molar-refractivity contribution is 9.10. The molecular formula is C23H26BBrClNO4. The fourth-order valence-corrected chi connectivity index (χ4v) is 3.52. The Balaban J connectivity index is 1.75. The third kappa shape index (κ3) is 6.13. The number of rotatable bonds is 6. The van der Waals surface area contributed by atoms with Gasteiger partial charge in [-0.2, -0.15) is 0 Å². The molecule has 1 aliphatic rings. The first-order valence-corrected chi connectivity index (χ1v) is 11.2. The lowest BCUT2D eigenvalue weighted by Gasteiger charge is -2.32. The number of hydrogen-bond donors (Lipinski definition) is 1. The van der Waals surface area contributed by atoms with Crippen molar-refractivity contribution in [3.05, 3.63) is 74.6 Å². The van der Waals surface area contributed by atoms with Gasteiger partial charge in [0.2, 0.25) is 0 Å². The quantitative estimate of drug-likeness (QED) is 0.485. The van der Waals surface area contributed by atoms with Crippen molar-refractivity contribution in [1.29, 1.82) is 0 Å². The van der Waals surface area contributed by atoms with Crippen LogP contribution in [0.1, 0.15) is 38.8 Å². The van der Waals surface area contributed by atoms with E-state index in [4.69, 9.17) is 25.6 Å². The Morgan fingerprint density at radius 1 is 1.13 bits per heavy atom. The van der Waals surface area contributed by atoms with Gasteiger partial charge in [0.05, 0.1) is 11.2 Å². The lowest BCUT2D eigenvalue weighted by atomic mass is 9.77. The van der Waals surface area contributed by atoms with Gasteiger partial charge in [0, 0.05) is 16.0 Å². The molecule has 164 valence electrons. The number of carbonyl (C=O) groups is 1. The maximum Gasteiger partial charge on any atom is 0.492 e. The molecule has 0 atom stereocenters. The summed E-state index contributed by atoms with van der Waals surface area (Å²) in [6.45, 7) is 8.32. The molecule has 0 saturated carbocycles. The predicted octanol–water partition coefficient (Wildman–Crippen LogP) is 6.04. The molecule has 8 heteroatoms. The van der Waals surface area contributed by atoms with E-state index < -0.39 is 24.4 Å². The first kappa shape index (κ1) is 23.9. The number of amides is 1. The summed E-state index contributed by atoms with van der Waals surface area (Å²) in [6.07, 6.45) is 1.36. The molecule has 31 heavy (non-hydrogen) atoms. The second-order valence-electron chi connectivity index (χ2n) is 8.39. The first-order valence-electron chi connectivity index (χ1n) is 10.0. The fraction of sp³-hybridized carbons (Fsp3) is 0.348. The SMILES string of the molecule is CC1(C)OB(C(=Cc2cc(Br)ccc2Cl)CNC(=O)OCc2ccccc2)OC1(C)C. The van der Waals surface area contributed by atoms with E-state index in [9.17, 15) is 4.79 Å². The van der Waals surface area contributed by atoms with E-state index in [1.165, 1.54) is 0 Å². The summed E-state index contributed by atoms with van der Waals surface area (Å²) < 4.78 is 18.6. The predicted molar refractivity (Wildman–Crippen MR) is 128 cm³/mol. The Kier molecular flexibility index (Phi) is 7.53. The zero-order chi connectivity index (χ0) is 22.6. The molecular weight excluding hydrogens is 480 g/mol. The van der Waals surface area contributed by atoms with Crippen molar-refractivity contribution in [3.8, 4) is 0 Å². The number of alkyl carbamates (subject to hydrolysis) is 1. The van der Waals surface area contributed by atoms with Crippen LogP contribution in [-0.2, 0) is 20.7 Å². The van der Waals surface area contributed by atoms with Gasteiger partial charge in [-0.25, -0.2) is 4.79 Å². The third-order valence-corrected chi connectivity index (χ3v) is 6.34. The van der Waals surface area contributed by atoms with Gasteiger partial charge < -0.3 is 19.4 Å². The summed E-state index contributed by atoms with van der Waals surface area (Å²) in [5, 5.41) is 3.38. The number of halogens is 2. The molecule has 1 heterocycles. The molecule has 0 radical (unpaired) electrons. The van der Waals surface area contributed by atoms with Crippen LogP contribution in [0.2, 0.25) is 5.02 Å². The molecule has 0 unspecified atom stereocenters. The van der Waals surface area contributed by atoms with Crippen LogP contribution in [0.3, 0.4) is 0 Å². The van der Waals surface area contributed by atoms with E-state index in [-0.39, 0.29) is 13.2 Å². The average molecular weight is 507 g/mol. The molecule has 1 amide bonds. The molecule has 1 saturated heterocycles. The van der Waals surface area contributed by atoms with Crippen LogP contribution in [-0.4, -0.2) is 31.0 Å². The van der Waals surface area contributed by atoms with Crippen LogP contribution in [0.25, 0.3) is 6.08 Å². The van der Waals surface area contributed by atoms with Crippen LogP contribution in [0.4, 0.5) is 4.79 Å².